The molecule has 0 fully saturated rings. The number of halogens is 1. The summed E-state index contributed by atoms with van der Waals surface area (Å²) in [7, 11) is 0. The van der Waals surface area contributed by atoms with Gasteiger partial charge in [-0.25, -0.2) is 0 Å². The van der Waals surface area contributed by atoms with Crippen LogP contribution in [0.4, 0.5) is 11.4 Å². The first kappa shape index (κ1) is 13.0. The molecule has 0 saturated carbocycles. The van der Waals surface area contributed by atoms with Crippen molar-refractivity contribution in [1.82, 2.24) is 0 Å². The summed E-state index contributed by atoms with van der Waals surface area (Å²) in [5.74, 6) is 0. The van der Waals surface area contributed by atoms with Gasteiger partial charge in [-0.3, -0.25) is 10.1 Å². The van der Waals surface area contributed by atoms with Gasteiger partial charge in [0.05, 0.1) is 11.5 Å². The Morgan fingerprint density at radius 2 is 2.22 bits per heavy atom. The molecule has 0 unspecified atom stereocenters. The van der Waals surface area contributed by atoms with E-state index in [-0.39, 0.29) is 10.6 Å². The van der Waals surface area contributed by atoms with Gasteiger partial charge < -0.3 is 5.32 Å². The second kappa shape index (κ2) is 5.49. The Morgan fingerprint density at radius 1 is 1.44 bits per heavy atom. The number of hydrogen-bond acceptors (Lipinski definition) is 4. The van der Waals surface area contributed by atoms with Crippen LogP contribution in [0.15, 0.2) is 34.1 Å². The van der Waals surface area contributed by atoms with Gasteiger partial charge >= 0.3 is 0 Å². The number of benzene rings is 1. The van der Waals surface area contributed by atoms with Crippen molar-refractivity contribution in [3.63, 3.8) is 0 Å². The molecule has 0 radical (unpaired) electrons. The van der Waals surface area contributed by atoms with Gasteiger partial charge in [-0.05, 0) is 40.4 Å². The quantitative estimate of drug-likeness (QED) is 0.671. The topological polar surface area (TPSA) is 55.2 Å². The summed E-state index contributed by atoms with van der Waals surface area (Å²) in [6.45, 7) is 2.41. The van der Waals surface area contributed by atoms with Gasteiger partial charge in [0.2, 0.25) is 0 Å². The van der Waals surface area contributed by atoms with Crippen LogP contribution in [0.2, 0.25) is 0 Å². The molecule has 1 heterocycles. The van der Waals surface area contributed by atoms with E-state index >= 15 is 0 Å². The maximum Gasteiger partial charge on any atom is 0.274 e. The van der Waals surface area contributed by atoms with Gasteiger partial charge in [0, 0.05) is 26.7 Å². The monoisotopic (exact) mass is 326 g/mol. The lowest BCUT2D eigenvalue weighted by Crippen LogP contribution is -2.02. The molecule has 2 aromatic rings. The van der Waals surface area contributed by atoms with Crippen LogP contribution in [-0.4, -0.2) is 4.92 Å². The fraction of sp³-hybridized carbons (Fsp3) is 0.167. The minimum absolute atomic E-state index is 0.144. The zero-order valence-corrected chi connectivity index (χ0v) is 12.0. The van der Waals surface area contributed by atoms with Crippen molar-refractivity contribution in [3.8, 4) is 0 Å². The van der Waals surface area contributed by atoms with Crippen LogP contribution in [0.3, 0.4) is 0 Å². The average molecular weight is 327 g/mol. The summed E-state index contributed by atoms with van der Waals surface area (Å²) < 4.78 is 1.06. The zero-order chi connectivity index (χ0) is 13.1. The summed E-state index contributed by atoms with van der Waals surface area (Å²) in [6.07, 6.45) is 0. The number of anilines is 1. The van der Waals surface area contributed by atoms with E-state index in [1.165, 1.54) is 10.9 Å². The third-order valence-corrected chi connectivity index (χ3v) is 4.56. The summed E-state index contributed by atoms with van der Waals surface area (Å²) >= 11 is 5.10. The minimum Gasteiger partial charge on any atom is -0.380 e. The lowest BCUT2D eigenvalue weighted by atomic mass is 10.1. The third kappa shape index (κ3) is 2.70. The van der Waals surface area contributed by atoms with E-state index in [4.69, 9.17) is 0 Å². The number of thiophene rings is 1. The predicted octanol–water partition coefficient (Wildman–Crippen LogP) is 4.34. The number of nitrogens with one attached hydrogen (secondary N) is 1. The Hall–Kier alpha value is -1.40. The second-order valence-corrected chi connectivity index (χ2v) is 5.61. The van der Waals surface area contributed by atoms with Gasteiger partial charge in [0.1, 0.15) is 0 Å². The van der Waals surface area contributed by atoms with Crippen molar-refractivity contribution in [1.29, 1.82) is 0 Å². The second-order valence-electron chi connectivity index (χ2n) is 3.75. The first-order chi connectivity index (χ1) is 8.59. The standard InChI is InChI=1S/C12H11BrN2O2S/c1-8-10(3-2-4-11(8)15(16)17)14-7-12-9(13)5-6-18-12/h2-6,14H,7H2,1H3. The van der Waals surface area contributed by atoms with Crippen molar-refractivity contribution < 1.29 is 4.92 Å². The van der Waals surface area contributed by atoms with Gasteiger partial charge in [0.25, 0.3) is 5.69 Å². The molecule has 1 aromatic carbocycles. The molecule has 0 spiro atoms. The van der Waals surface area contributed by atoms with E-state index in [9.17, 15) is 10.1 Å². The molecule has 6 heteroatoms. The summed E-state index contributed by atoms with van der Waals surface area (Å²) in [6, 6.07) is 7.05. The minimum atomic E-state index is -0.360. The molecule has 1 aromatic heterocycles. The first-order valence-electron chi connectivity index (χ1n) is 5.29. The fourth-order valence-electron chi connectivity index (χ4n) is 1.64. The fourth-order valence-corrected chi connectivity index (χ4v) is 3.07. The van der Waals surface area contributed by atoms with Crippen molar-refractivity contribution in [3.05, 3.63) is 54.7 Å². The Kier molecular flexibility index (Phi) is 3.98. The highest BCUT2D eigenvalue weighted by Gasteiger charge is 2.13. The number of nitro groups is 1. The van der Waals surface area contributed by atoms with Gasteiger partial charge in [0.15, 0.2) is 0 Å². The van der Waals surface area contributed by atoms with Crippen LogP contribution >= 0.6 is 27.3 Å². The number of rotatable bonds is 4. The van der Waals surface area contributed by atoms with E-state index in [1.807, 2.05) is 17.5 Å². The third-order valence-electron chi connectivity index (χ3n) is 2.63. The van der Waals surface area contributed by atoms with Crippen LogP contribution in [0.25, 0.3) is 0 Å². The molecule has 0 saturated heterocycles. The molecule has 0 amide bonds. The van der Waals surface area contributed by atoms with Crippen LogP contribution in [0, 0.1) is 17.0 Å². The Bertz CT molecular complexity index is 583. The van der Waals surface area contributed by atoms with Crippen molar-refractivity contribution in [2.24, 2.45) is 0 Å². The highest BCUT2D eigenvalue weighted by atomic mass is 79.9. The molecule has 18 heavy (non-hydrogen) atoms. The van der Waals surface area contributed by atoms with Crippen LogP contribution < -0.4 is 5.32 Å². The van der Waals surface area contributed by atoms with E-state index in [1.54, 1.807) is 24.3 Å². The summed E-state index contributed by atoms with van der Waals surface area (Å²) in [4.78, 5) is 11.6. The molecular weight excluding hydrogens is 316 g/mol. The van der Waals surface area contributed by atoms with E-state index in [2.05, 4.69) is 21.2 Å². The average Bonchev–Trinajstić information content (AvgIpc) is 2.73. The lowest BCUT2D eigenvalue weighted by Gasteiger charge is -2.08. The van der Waals surface area contributed by atoms with E-state index < -0.39 is 0 Å². The molecular formula is C12H11BrN2O2S. The van der Waals surface area contributed by atoms with Crippen molar-refractivity contribution >= 4 is 38.6 Å². The lowest BCUT2D eigenvalue weighted by molar-refractivity contribution is -0.385. The number of nitrogens with zero attached hydrogens (tertiary/aromatic N) is 1. The first-order valence-corrected chi connectivity index (χ1v) is 6.96. The van der Waals surface area contributed by atoms with Gasteiger partial charge in [-0.15, -0.1) is 11.3 Å². The molecule has 0 aliphatic rings. The predicted molar refractivity (Wildman–Crippen MR) is 77.2 cm³/mol. The SMILES string of the molecule is Cc1c(NCc2sccc2Br)cccc1[N+](=O)[O-]. The van der Waals surface area contributed by atoms with Crippen LogP contribution in [0.1, 0.15) is 10.4 Å². The molecule has 2 rings (SSSR count). The highest BCUT2D eigenvalue weighted by molar-refractivity contribution is 9.10. The van der Waals surface area contributed by atoms with Crippen LogP contribution in [-0.2, 0) is 6.54 Å². The number of nitro benzene ring substituents is 1. The summed E-state index contributed by atoms with van der Waals surface area (Å²) in [5, 5.41) is 16.1. The highest BCUT2D eigenvalue weighted by Crippen LogP contribution is 2.27. The number of hydrogen-bond donors (Lipinski definition) is 1. The largest absolute Gasteiger partial charge is 0.380 e. The van der Waals surface area contributed by atoms with E-state index in [0.717, 1.165) is 10.2 Å². The Balaban J connectivity index is 2.17. The van der Waals surface area contributed by atoms with Crippen molar-refractivity contribution in [2.75, 3.05) is 5.32 Å². The molecule has 1 N–H and O–H groups in total. The maximum absolute atomic E-state index is 10.8. The normalized spacial score (nSPS) is 10.3. The maximum atomic E-state index is 10.8. The summed E-state index contributed by atoms with van der Waals surface area (Å²) in [5.41, 5.74) is 1.60. The van der Waals surface area contributed by atoms with Gasteiger partial charge in [-0.1, -0.05) is 6.07 Å². The molecule has 0 aliphatic carbocycles. The Labute approximate surface area is 117 Å². The van der Waals surface area contributed by atoms with Crippen molar-refractivity contribution in [2.45, 2.75) is 13.5 Å². The zero-order valence-electron chi connectivity index (χ0n) is 9.64. The molecule has 4 nitrogen and oxygen atoms in total. The molecule has 0 aliphatic heterocycles. The molecule has 0 atom stereocenters. The Morgan fingerprint density at radius 3 is 2.83 bits per heavy atom. The molecule has 0 bridgehead atoms. The van der Waals surface area contributed by atoms with Crippen LogP contribution in [0.5, 0.6) is 0 Å². The molecule has 94 valence electrons. The van der Waals surface area contributed by atoms with Gasteiger partial charge in [-0.2, -0.15) is 0 Å². The van der Waals surface area contributed by atoms with E-state index in [0.29, 0.717) is 12.1 Å². The smallest absolute Gasteiger partial charge is 0.274 e.